The van der Waals surface area contributed by atoms with Crippen molar-refractivity contribution < 1.29 is 18.7 Å². The van der Waals surface area contributed by atoms with Crippen LogP contribution in [0, 0.1) is 12.7 Å². The summed E-state index contributed by atoms with van der Waals surface area (Å²) in [7, 11) is 0. The first kappa shape index (κ1) is 17.0. The topological polar surface area (TPSA) is 71.2 Å². The highest BCUT2D eigenvalue weighted by atomic mass is 19.1. The largest absolute Gasteiger partial charge is 0.466 e. The fourth-order valence-electron chi connectivity index (χ4n) is 2.50. The lowest BCUT2D eigenvalue weighted by molar-refractivity contribution is -0.143. The van der Waals surface area contributed by atoms with Crippen LogP contribution in [0.4, 0.5) is 4.39 Å². The van der Waals surface area contributed by atoms with Crippen molar-refractivity contribution in [2.45, 2.75) is 33.1 Å². The zero-order chi connectivity index (χ0) is 16.8. The zero-order valence-electron chi connectivity index (χ0n) is 13.4. The van der Waals surface area contributed by atoms with Crippen molar-refractivity contribution in [3.8, 4) is 0 Å². The van der Waals surface area contributed by atoms with Crippen LogP contribution in [0.5, 0.6) is 0 Å². The quantitative estimate of drug-likeness (QED) is 0.608. The summed E-state index contributed by atoms with van der Waals surface area (Å²) < 4.78 is 18.2. The van der Waals surface area contributed by atoms with Gasteiger partial charge in [-0.2, -0.15) is 0 Å². The van der Waals surface area contributed by atoms with Gasteiger partial charge in [0.05, 0.1) is 13.0 Å². The summed E-state index contributed by atoms with van der Waals surface area (Å²) in [6.07, 6.45) is 0.992. The Morgan fingerprint density at radius 3 is 2.87 bits per heavy atom. The number of aromatic nitrogens is 1. The van der Waals surface area contributed by atoms with E-state index in [4.69, 9.17) is 4.74 Å². The standard InChI is InChI=1S/C17H21FN2O3/c1-3-23-17(22)5-4-8-19-16(21)10-13-11(2)20-15-7-6-12(18)9-14(13)15/h6-7,9,20H,3-5,8,10H2,1-2H3,(H,19,21). The van der Waals surface area contributed by atoms with Crippen molar-refractivity contribution in [3.63, 3.8) is 0 Å². The fourth-order valence-corrected chi connectivity index (χ4v) is 2.50. The molecule has 2 N–H and O–H groups in total. The predicted octanol–water partition coefficient (Wildman–Crippen LogP) is 2.62. The number of aromatic amines is 1. The van der Waals surface area contributed by atoms with Gasteiger partial charge in [-0.15, -0.1) is 0 Å². The summed E-state index contributed by atoms with van der Waals surface area (Å²) in [5.74, 6) is -0.737. The number of amides is 1. The van der Waals surface area contributed by atoms with E-state index in [-0.39, 0.29) is 30.5 Å². The van der Waals surface area contributed by atoms with E-state index in [9.17, 15) is 14.0 Å². The molecule has 0 aliphatic heterocycles. The molecule has 6 heteroatoms. The lowest BCUT2D eigenvalue weighted by Gasteiger charge is -2.06. The van der Waals surface area contributed by atoms with Crippen molar-refractivity contribution in [3.05, 3.63) is 35.3 Å². The summed E-state index contributed by atoms with van der Waals surface area (Å²) in [6, 6.07) is 4.48. The number of rotatable bonds is 7. The first-order valence-corrected chi connectivity index (χ1v) is 7.70. The molecule has 1 amide bonds. The minimum Gasteiger partial charge on any atom is -0.466 e. The van der Waals surface area contributed by atoms with Gasteiger partial charge in [-0.1, -0.05) is 0 Å². The van der Waals surface area contributed by atoms with Crippen LogP contribution in [-0.4, -0.2) is 30.0 Å². The van der Waals surface area contributed by atoms with Crippen LogP contribution in [-0.2, 0) is 20.7 Å². The molecule has 23 heavy (non-hydrogen) atoms. The highest BCUT2D eigenvalue weighted by Crippen LogP contribution is 2.23. The van der Waals surface area contributed by atoms with E-state index in [0.717, 1.165) is 22.2 Å². The van der Waals surface area contributed by atoms with Gasteiger partial charge in [0.15, 0.2) is 0 Å². The van der Waals surface area contributed by atoms with Crippen LogP contribution in [0.1, 0.15) is 31.0 Å². The molecule has 2 aromatic rings. The number of esters is 1. The van der Waals surface area contributed by atoms with Gasteiger partial charge in [0.25, 0.3) is 0 Å². The van der Waals surface area contributed by atoms with Gasteiger partial charge in [-0.05, 0) is 44.0 Å². The number of hydrogen-bond acceptors (Lipinski definition) is 3. The van der Waals surface area contributed by atoms with Crippen LogP contribution in [0.15, 0.2) is 18.2 Å². The van der Waals surface area contributed by atoms with Crippen LogP contribution in [0.2, 0.25) is 0 Å². The number of halogens is 1. The Bertz CT molecular complexity index is 709. The minimum absolute atomic E-state index is 0.151. The number of carbonyl (C=O) groups is 2. The lowest BCUT2D eigenvalue weighted by Crippen LogP contribution is -2.26. The molecule has 0 bridgehead atoms. The van der Waals surface area contributed by atoms with Crippen LogP contribution in [0.25, 0.3) is 10.9 Å². The maximum atomic E-state index is 13.4. The number of carbonyl (C=O) groups excluding carboxylic acids is 2. The van der Waals surface area contributed by atoms with Crippen molar-refractivity contribution in [2.75, 3.05) is 13.2 Å². The van der Waals surface area contributed by atoms with Gasteiger partial charge < -0.3 is 15.0 Å². The Labute approximate surface area is 134 Å². The Morgan fingerprint density at radius 1 is 1.35 bits per heavy atom. The first-order valence-electron chi connectivity index (χ1n) is 7.70. The third-order valence-electron chi connectivity index (χ3n) is 3.60. The highest BCUT2D eigenvalue weighted by Gasteiger charge is 2.13. The number of benzene rings is 1. The number of hydrogen-bond donors (Lipinski definition) is 2. The van der Waals surface area contributed by atoms with Crippen LogP contribution in [0.3, 0.4) is 0 Å². The Balaban J connectivity index is 1.89. The van der Waals surface area contributed by atoms with Gasteiger partial charge >= 0.3 is 5.97 Å². The molecule has 1 aromatic carbocycles. The van der Waals surface area contributed by atoms with E-state index in [0.29, 0.717) is 19.6 Å². The molecule has 2 rings (SSSR count). The third kappa shape index (κ3) is 4.55. The number of ether oxygens (including phenoxy) is 1. The lowest BCUT2D eigenvalue weighted by atomic mass is 10.1. The SMILES string of the molecule is CCOC(=O)CCCNC(=O)Cc1c(C)[nH]c2ccc(F)cc12. The molecule has 0 aliphatic rings. The Morgan fingerprint density at radius 2 is 2.13 bits per heavy atom. The predicted molar refractivity (Wildman–Crippen MR) is 85.6 cm³/mol. The van der Waals surface area contributed by atoms with Gasteiger partial charge in [0, 0.05) is 29.6 Å². The van der Waals surface area contributed by atoms with E-state index in [1.165, 1.54) is 12.1 Å². The van der Waals surface area contributed by atoms with E-state index < -0.39 is 0 Å². The van der Waals surface area contributed by atoms with Gasteiger partial charge in [0.1, 0.15) is 5.82 Å². The fraction of sp³-hybridized carbons (Fsp3) is 0.412. The summed E-state index contributed by atoms with van der Waals surface area (Å²) in [5, 5.41) is 3.50. The molecule has 0 saturated heterocycles. The molecule has 0 aliphatic carbocycles. The second-order valence-electron chi connectivity index (χ2n) is 5.35. The molecule has 0 radical (unpaired) electrons. The second-order valence-corrected chi connectivity index (χ2v) is 5.35. The van der Waals surface area contributed by atoms with Crippen LogP contribution >= 0.6 is 0 Å². The molecule has 124 valence electrons. The molecule has 0 unspecified atom stereocenters. The highest BCUT2D eigenvalue weighted by molar-refractivity contribution is 5.90. The van der Waals surface area contributed by atoms with Crippen LogP contribution < -0.4 is 5.32 Å². The van der Waals surface area contributed by atoms with Crippen molar-refractivity contribution in [2.24, 2.45) is 0 Å². The molecule has 0 atom stereocenters. The molecule has 0 spiro atoms. The Kier molecular flexibility index (Phi) is 5.73. The summed E-state index contributed by atoms with van der Waals surface area (Å²) >= 11 is 0. The molecular weight excluding hydrogens is 299 g/mol. The number of H-pyrrole nitrogens is 1. The van der Waals surface area contributed by atoms with E-state index in [2.05, 4.69) is 10.3 Å². The summed E-state index contributed by atoms with van der Waals surface area (Å²) in [5.41, 5.74) is 2.46. The first-order chi connectivity index (χ1) is 11.0. The van der Waals surface area contributed by atoms with Gasteiger partial charge in [-0.25, -0.2) is 4.39 Å². The Hall–Kier alpha value is -2.37. The molecule has 1 aromatic heterocycles. The van der Waals surface area contributed by atoms with E-state index >= 15 is 0 Å². The molecule has 0 fully saturated rings. The van der Waals surface area contributed by atoms with Crippen molar-refractivity contribution in [1.29, 1.82) is 0 Å². The summed E-state index contributed by atoms with van der Waals surface area (Å²) in [6.45, 7) is 4.39. The maximum absolute atomic E-state index is 13.4. The monoisotopic (exact) mass is 320 g/mol. The summed E-state index contributed by atoms with van der Waals surface area (Å²) in [4.78, 5) is 26.4. The van der Waals surface area contributed by atoms with Crippen molar-refractivity contribution >= 4 is 22.8 Å². The smallest absolute Gasteiger partial charge is 0.305 e. The van der Waals surface area contributed by atoms with Gasteiger partial charge in [0.2, 0.25) is 5.91 Å². The third-order valence-corrected chi connectivity index (χ3v) is 3.60. The zero-order valence-corrected chi connectivity index (χ0v) is 13.4. The second kappa shape index (κ2) is 7.76. The van der Waals surface area contributed by atoms with Gasteiger partial charge in [-0.3, -0.25) is 9.59 Å². The maximum Gasteiger partial charge on any atom is 0.305 e. The number of nitrogens with one attached hydrogen (secondary N) is 2. The van der Waals surface area contributed by atoms with E-state index in [1.54, 1.807) is 13.0 Å². The number of aryl methyl sites for hydroxylation is 1. The molecular formula is C17H21FN2O3. The normalized spacial score (nSPS) is 10.7. The van der Waals surface area contributed by atoms with E-state index in [1.807, 2.05) is 6.92 Å². The van der Waals surface area contributed by atoms with Crippen molar-refractivity contribution in [1.82, 2.24) is 10.3 Å². The average molecular weight is 320 g/mol. The molecule has 1 heterocycles. The molecule has 5 nitrogen and oxygen atoms in total. The molecule has 0 saturated carbocycles. The number of fused-ring (bicyclic) bond motifs is 1. The minimum atomic E-state index is -0.326. The average Bonchev–Trinajstić information content (AvgIpc) is 2.80.